The quantitative estimate of drug-likeness (QED) is 0.714. The van der Waals surface area contributed by atoms with Crippen LogP contribution in [0.25, 0.3) is 0 Å². The second-order valence-electron chi connectivity index (χ2n) is 5.93. The lowest BCUT2D eigenvalue weighted by molar-refractivity contribution is 0.228. The van der Waals surface area contributed by atoms with Crippen molar-refractivity contribution in [1.29, 1.82) is 0 Å². The van der Waals surface area contributed by atoms with E-state index in [-0.39, 0.29) is 11.5 Å². The standard InChI is InChI=1S/C17H28BrNO2/c1-7-11-19-16(17(3,4)8-2)12-9-10-13(20-5)14(18)15(12)21-6/h9-10,16,19H,7-8,11H2,1-6H3. The van der Waals surface area contributed by atoms with E-state index in [2.05, 4.69) is 55.0 Å². The minimum atomic E-state index is 0.135. The van der Waals surface area contributed by atoms with Gasteiger partial charge < -0.3 is 14.8 Å². The molecule has 0 fully saturated rings. The summed E-state index contributed by atoms with van der Waals surface area (Å²) in [6.07, 6.45) is 2.19. The monoisotopic (exact) mass is 357 g/mol. The lowest BCUT2D eigenvalue weighted by Gasteiger charge is -2.36. The third-order valence-electron chi connectivity index (χ3n) is 4.12. The van der Waals surface area contributed by atoms with Gasteiger partial charge in [0.15, 0.2) is 0 Å². The summed E-state index contributed by atoms with van der Waals surface area (Å²) >= 11 is 3.60. The first kappa shape index (κ1) is 18.3. The summed E-state index contributed by atoms with van der Waals surface area (Å²) in [4.78, 5) is 0. The average molecular weight is 358 g/mol. The van der Waals surface area contributed by atoms with Crippen molar-refractivity contribution in [1.82, 2.24) is 5.32 Å². The molecule has 4 heteroatoms. The molecule has 0 radical (unpaired) electrons. The fraction of sp³-hybridized carbons (Fsp3) is 0.647. The van der Waals surface area contributed by atoms with Gasteiger partial charge in [-0.15, -0.1) is 0 Å². The van der Waals surface area contributed by atoms with Crippen LogP contribution in [0, 0.1) is 5.41 Å². The predicted octanol–water partition coefficient (Wildman–Crippen LogP) is 4.94. The summed E-state index contributed by atoms with van der Waals surface area (Å²) in [5, 5.41) is 3.67. The Morgan fingerprint density at radius 1 is 1.19 bits per heavy atom. The maximum absolute atomic E-state index is 5.65. The van der Waals surface area contributed by atoms with Gasteiger partial charge in [-0.3, -0.25) is 0 Å². The summed E-state index contributed by atoms with van der Waals surface area (Å²) in [5.74, 6) is 1.64. The molecular formula is C17H28BrNO2. The molecule has 0 aliphatic rings. The number of rotatable bonds is 8. The highest BCUT2D eigenvalue weighted by Crippen LogP contribution is 2.45. The molecular weight excluding hydrogens is 330 g/mol. The minimum absolute atomic E-state index is 0.135. The van der Waals surface area contributed by atoms with Gasteiger partial charge in [-0.1, -0.05) is 27.7 Å². The zero-order valence-electron chi connectivity index (χ0n) is 14.0. The van der Waals surface area contributed by atoms with E-state index < -0.39 is 0 Å². The van der Waals surface area contributed by atoms with Crippen molar-refractivity contribution in [2.75, 3.05) is 20.8 Å². The van der Waals surface area contributed by atoms with E-state index in [1.807, 2.05) is 6.07 Å². The highest BCUT2D eigenvalue weighted by Gasteiger charge is 2.32. The summed E-state index contributed by atoms with van der Waals surface area (Å²) < 4.78 is 11.9. The Balaban J connectivity index is 3.33. The highest BCUT2D eigenvalue weighted by molar-refractivity contribution is 9.10. The second-order valence-corrected chi connectivity index (χ2v) is 6.73. The molecule has 0 aliphatic heterocycles. The van der Waals surface area contributed by atoms with Crippen LogP contribution in [0.15, 0.2) is 16.6 Å². The normalized spacial score (nSPS) is 13.1. The van der Waals surface area contributed by atoms with Gasteiger partial charge >= 0.3 is 0 Å². The summed E-state index contributed by atoms with van der Waals surface area (Å²) in [7, 11) is 3.38. The molecule has 1 rings (SSSR count). The van der Waals surface area contributed by atoms with E-state index >= 15 is 0 Å². The second kappa shape index (κ2) is 8.04. The van der Waals surface area contributed by atoms with Crippen LogP contribution in [0.1, 0.15) is 52.1 Å². The molecule has 1 N–H and O–H groups in total. The molecule has 0 saturated carbocycles. The molecule has 120 valence electrons. The van der Waals surface area contributed by atoms with Gasteiger partial charge in [-0.25, -0.2) is 0 Å². The molecule has 1 unspecified atom stereocenters. The number of ether oxygens (including phenoxy) is 2. The van der Waals surface area contributed by atoms with Gasteiger partial charge in [0.2, 0.25) is 0 Å². The molecule has 0 saturated heterocycles. The fourth-order valence-electron chi connectivity index (χ4n) is 2.45. The minimum Gasteiger partial charge on any atom is -0.495 e. The molecule has 0 aromatic heterocycles. The van der Waals surface area contributed by atoms with Crippen LogP contribution in [0.5, 0.6) is 11.5 Å². The van der Waals surface area contributed by atoms with Crippen molar-refractivity contribution in [3.63, 3.8) is 0 Å². The molecule has 1 atom stereocenters. The Morgan fingerprint density at radius 3 is 2.33 bits per heavy atom. The van der Waals surface area contributed by atoms with Crippen LogP contribution in [0.4, 0.5) is 0 Å². The fourth-order valence-corrected chi connectivity index (χ4v) is 3.13. The number of nitrogens with one attached hydrogen (secondary N) is 1. The van der Waals surface area contributed by atoms with Crippen molar-refractivity contribution < 1.29 is 9.47 Å². The lowest BCUT2D eigenvalue weighted by atomic mass is 9.78. The first-order valence-corrected chi connectivity index (χ1v) is 8.35. The summed E-state index contributed by atoms with van der Waals surface area (Å²) in [5.41, 5.74) is 1.31. The van der Waals surface area contributed by atoms with Gasteiger partial charge in [-0.2, -0.15) is 0 Å². The van der Waals surface area contributed by atoms with Crippen LogP contribution in [-0.2, 0) is 0 Å². The van der Waals surface area contributed by atoms with Gasteiger partial charge in [0.25, 0.3) is 0 Å². The summed E-state index contributed by atoms with van der Waals surface area (Å²) in [6, 6.07) is 4.33. The van der Waals surface area contributed by atoms with Crippen LogP contribution < -0.4 is 14.8 Å². The van der Waals surface area contributed by atoms with Crippen LogP contribution in [0.2, 0.25) is 0 Å². The number of halogens is 1. The third kappa shape index (κ3) is 4.13. The van der Waals surface area contributed by atoms with Crippen LogP contribution in [0.3, 0.4) is 0 Å². The smallest absolute Gasteiger partial charge is 0.141 e. The van der Waals surface area contributed by atoms with Crippen molar-refractivity contribution in [2.24, 2.45) is 5.41 Å². The number of benzene rings is 1. The number of hydrogen-bond donors (Lipinski definition) is 1. The molecule has 3 nitrogen and oxygen atoms in total. The van der Waals surface area contributed by atoms with E-state index in [4.69, 9.17) is 9.47 Å². The van der Waals surface area contributed by atoms with E-state index in [0.717, 1.165) is 35.4 Å². The Hall–Kier alpha value is -0.740. The number of hydrogen-bond acceptors (Lipinski definition) is 3. The molecule has 0 amide bonds. The molecule has 0 bridgehead atoms. The van der Waals surface area contributed by atoms with E-state index in [1.165, 1.54) is 5.56 Å². The molecule has 1 aromatic rings. The zero-order valence-corrected chi connectivity index (χ0v) is 15.6. The molecule has 21 heavy (non-hydrogen) atoms. The molecule has 1 aromatic carbocycles. The Labute approximate surface area is 137 Å². The topological polar surface area (TPSA) is 30.5 Å². The number of methoxy groups -OCH3 is 2. The zero-order chi connectivity index (χ0) is 16.0. The Bertz CT molecular complexity index is 460. The van der Waals surface area contributed by atoms with Crippen molar-refractivity contribution in [2.45, 2.75) is 46.6 Å². The average Bonchev–Trinajstić information content (AvgIpc) is 2.47. The van der Waals surface area contributed by atoms with Crippen molar-refractivity contribution >= 4 is 15.9 Å². The summed E-state index contributed by atoms with van der Waals surface area (Å²) in [6.45, 7) is 9.98. The lowest BCUT2D eigenvalue weighted by Crippen LogP contribution is -2.34. The molecule has 0 heterocycles. The van der Waals surface area contributed by atoms with Crippen LogP contribution in [-0.4, -0.2) is 20.8 Å². The first-order valence-electron chi connectivity index (χ1n) is 7.56. The van der Waals surface area contributed by atoms with E-state index in [0.29, 0.717) is 0 Å². The van der Waals surface area contributed by atoms with Crippen molar-refractivity contribution in [3.8, 4) is 11.5 Å². The van der Waals surface area contributed by atoms with E-state index in [1.54, 1.807) is 14.2 Å². The van der Waals surface area contributed by atoms with Gasteiger partial charge in [0.1, 0.15) is 16.0 Å². The SMILES string of the molecule is CCCNC(c1ccc(OC)c(Br)c1OC)C(C)(C)CC. The van der Waals surface area contributed by atoms with Gasteiger partial charge in [0, 0.05) is 11.6 Å². The Kier molecular flexibility index (Phi) is 7.01. The predicted molar refractivity (Wildman–Crippen MR) is 92.4 cm³/mol. The van der Waals surface area contributed by atoms with Crippen LogP contribution >= 0.6 is 15.9 Å². The molecule has 0 aliphatic carbocycles. The molecule has 0 spiro atoms. The maximum Gasteiger partial charge on any atom is 0.141 e. The van der Waals surface area contributed by atoms with Crippen molar-refractivity contribution in [3.05, 3.63) is 22.2 Å². The van der Waals surface area contributed by atoms with Gasteiger partial charge in [0.05, 0.1) is 14.2 Å². The van der Waals surface area contributed by atoms with E-state index in [9.17, 15) is 0 Å². The largest absolute Gasteiger partial charge is 0.495 e. The third-order valence-corrected chi connectivity index (χ3v) is 4.87. The first-order chi connectivity index (χ1) is 9.92. The van der Waals surface area contributed by atoms with Gasteiger partial charge in [-0.05, 0) is 52.9 Å². The highest BCUT2D eigenvalue weighted by atomic mass is 79.9. The Morgan fingerprint density at radius 2 is 1.86 bits per heavy atom. The maximum atomic E-state index is 5.65.